The molecule has 0 saturated carbocycles. The van der Waals surface area contributed by atoms with Crippen molar-refractivity contribution in [2.45, 2.75) is 18.4 Å². The maximum atomic E-state index is 12.3. The highest BCUT2D eigenvalue weighted by atomic mass is 32.2. The summed E-state index contributed by atoms with van der Waals surface area (Å²) in [7, 11) is -3.87. The van der Waals surface area contributed by atoms with Crippen LogP contribution in [-0.2, 0) is 16.6 Å². The lowest BCUT2D eigenvalue weighted by Crippen LogP contribution is -2.21. The SMILES string of the molecule is CCN(Cc1cccc(-c2c(S(N)(=O)=O)ccc3ccccc23)c1)c1ccccc1. The molecule has 0 unspecified atom stereocenters. The molecule has 0 saturated heterocycles. The molecular weight excluding hydrogens is 392 g/mol. The summed E-state index contributed by atoms with van der Waals surface area (Å²) in [6.45, 7) is 3.72. The second-order valence-corrected chi connectivity index (χ2v) is 8.78. The summed E-state index contributed by atoms with van der Waals surface area (Å²) < 4.78 is 24.7. The number of sulfonamides is 1. The van der Waals surface area contributed by atoms with Crippen molar-refractivity contribution in [2.24, 2.45) is 5.14 Å². The number of fused-ring (bicyclic) bond motifs is 1. The highest BCUT2D eigenvalue weighted by Gasteiger charge is 2.18. The Morgan fingerprint density at radius 2 is 1.57 bits per heavy atom. The topological polar surface area (TPSA) is 63.4 Å². The molecule has 0 radical (unpaired) electrons. The Morgan fingerprint density at radius 1 is 0.833 bits per heavy atom. The van der Waals surface area contributed by atoms with Gasteiger partial charge in [0.15, 0.2) is 0 Å². The van der Waals surface area contributed by atoms with Crippen molar-refractivity contribution in [3.05, 3.63) is 96.6 Å². The van der Waals surface area contributed by atoms with Gasteiger partial charge in [-0.15, -0.1) is 0 Å². The molecule has 0 fully saturated rings. The van der Waals surface area contributed by atoms with Crippen LogP contribution >= 0.6 is 0 Å². The fourth-order valence-corrected chi connectivity index (χ4v) is 4.63. The summed E-state index contributed by atoms with van der Waals surface area (Å²) in [5.74, 6) is 0. The zero-order valence-electron chi connectivity index (χ0n) is 16.8. The van der Waals surface area contributed by atoms with Gasteiger partial charge < -0.3 is 4.90 Å². The molecule has 152 valence electrons. The first-order valence-electron chi connectivity index (χ1n) is 9.91. The van der Waals surface area contributed by atoms with Crippen LogP contribution in [0, 0.1) is 0 Å². The zero-order chi connectivity index (χ0) is 21.1. The molecule has 0 aliphatic carbocycles. The van der Waals surface area contributed by atoms with Gasteiger partial charge in [-0.1, -0.05) is 66.7 Å². The third-order valence-corrected chi connectivity index (χ3v) is 6.24. The number of nitrogens with zero attached hydrogens (tertiary/aromatic N) is 1. The van der Waals surface area contributed by atoms with E-state index in [9.17, 15) is 8.42 Å². The lowest BCUT2D eigenvalue weighted by Gasteiger charge is -2.23. The number of para-hydroxylation sites is 1. The number of benzene rings is 4. The van der Waals surface area contributed by atoms with E-state index in [0.29, 0.717) is 5.56 Å². The molecule has 0 heterocycles. The van der Waals surface area contributed by atoms with E-state index in [1.54, 1.807) is 12.1 Å². The van der Waals surface area contributed by atoms with Crippen molar-refractivity contribution in [3.8, 4) is 11.1 Å². The molecule has 30 heavy (non-hydrogen) atoms. The largest absolute Gasteiger partial charge is 0.367 e. The molecule has 4 rings (SSSR count). The third-order valence-electron chi connectivity index (χ3n) is 5.29. The van der Waals surface area contributed by atoms with Gasteiger partial charge in [0.05, 0.1) is 4.90 Å². The maximum Gasteiger partial charge on any atom is 0.238 e. The highest BCUT2D eigenvalue weighted by molar-refractivity contribution is 7.89. The van der Waals surface area contributed by atoms with E-state index in [4.69, 9.17) is 5.14 Å². The smallest absolute Gasteiger partial charge is 0.238 e. The van der Waals surface area contributed by atoms with Gasteiger partial charge in [0.2, 0.25) is 10.0 Å². The number of hydrogen-bond acceptors (Lipinski definition) is 3. The number of nitrogens with two attached hydrogens (primary N) is 1. The van der Waals surface area contributed by atoms with Crippen LogP contribution in [0.5, 0.6) is 0 Å². The van der Waals surface area contributed by atoms with E-state index in [1.165, 1.54) is 0 Å². The minimum absolute atomic E-state index is 0.147. The molecular formula is C25H24N2O2S. The van der Waals surface area contributed by atoms with E-state index in [1.807, 2.05) is 54.6 Å². The molecule has 0 aliphatic heterocycles. The summed E-state index contributed by atoms with van der Waals surface area (Å²) in [6.07, 6.45) is 0. The second-order valence-electron chi connectivity index (χ2n) is 7.25. The highest BCUT2D eigenvalue weighted by Crippen LogP contribution is 2.35. The first kappa shape index (κ1) is 20.1. The van der Waals surface area contributed by atoms with E-state index in [-0.39, 0.29) is 4.90 Å². The van der Waals surface area contributed by atoms with Crippen molar-refractivity contribution in [1.82, 2.24) is 0 Å². The van der Waals surface area contributed by atoms with Gasteiger partial charge in [-0.3, -0.25) is 0 Å². The minimum atomic E-state index is -3.87. The minimum Gasteiger partial charge on any atom is -0.367 e. The van der Waals surface area contributed by atoms with E-state index < -0.39 is 10.0 Å². The van der Waals surface area contributed by atoms with Crippen LogP contribution in [0.15, 0.2) is 95.9 Å². The normalized spacial score (nSPS) is 11.5. The number of hydrogen-bond donors (Lipinski definition) is 1. The first-order chi connectivity index (χ1) is 14.5. The van der Waals surface area contributed by atoms with Crippen LogP contribution in [0.2, 0.25) is 0 Å². The van der Waals surface area contributed by atoms with Gasteiger partial charge >= 0.3 is 0 Å². The third kappa shape index (κ3) is 4.08. The molecule has 0 aliphatic rings. The Kier molecular flexibility index (Phi) is 5.57. The summed E-state index contributed by atoms with van der Waals surface area (Å²) in [5, 5.41) is 7.41. The van der Waals surface area contributed by atoms with Gasteiger partial charge in [0.1, 0.15) is 0 Å². The quantitative estimate of drug-likeness (QED) is 0.471. The van der Waals surface area contributed by atoms with Crippen LogP contribution < -0.4 is 10.0 Å². The predicted molar refractivity (Wildman–Crippen MR) is 124 cm³/mol. The molecule has 0 spiro atoms. The number of primary sulfonamides is 1. The monoisotopic (exact) mass is 416 g/mol. The molecule has 2 N–H and O–H groups in total. The molecule has 4 aromatic carbocycles. The van der Waals surface area contributed by atoms with Crippen molar-refractivity contribution < 1.29 is 8.42 Å². The molecule has 0 atom stereocenters. The van der Waals surface area contributed by atoms with Crippen LogP contribution in [0.1, 0.15) is 12.5 Å². The van der Waals surface area contributed by atoms with Crippen LogP contribution in [-0.4, -0.2) is 15.0 Å². The zero-order valence-corrected chi connectivity index (χ0v) is 17.6. The van der Waals surface area contributed by atoms with Crippen molar-refractivity contribution >= 4 is 26.5 Å². The Balaban J connectivity index is 1.82. The molecule has 4 aromatic rings. The van der Waals surface area contributed by atoms with Crippen LogP contribution in [0.4, 0.5) is 5.69 Å². The summed E-state index contributed by atoms with van der Waals surface area (Å²) in [4.78, 5) is 2.43. The standard InChI is InChI=1S/C25H24N2O2S/c1-2-27(22-12-4-3-5-13-22)18-19-9-8-11-21(17-19)25-23-14-7-6-10-20(23)15-16-24(25)30(26,28)29/h3-17H,2,18H2,1H3,(H2,26,28,29). The van der Waals surface area contributed by atoms with Crippen LogP contribution in [0.25, 0.3) is 21.9 Å². The summed E-state index contributed by atoms with van der Waals surface area (Å²) >= 11 is 0. The Hall–Kier alpha value is -3.15. The molecule has 5 heteroatoms. The number of anilines is 1. The molecule has 4 nitrogen and oxygen atoms in total. The Bertz CT molecular complexity index is 1290. The van der Waals surface area contributed by atoms with Crippen LogP contribution in [0.3, 0.4) is 0 Å². The lowest BCUT2D eigenvalue weighted by atomic mass is 9.96. The van der Waals surface area contributed by atoms with Crippen molar-refractivity contribution in [3.63, 3.8) is 0 Å². The summed E-state index contributed by atoms with van der Waals surface area (Å²) in [6, 6.07) is 29.5. The van der Waals surface area contributed by atoms with Gasteiger partial charge in [-0.05, 0) is 53.1 Å². The second kappa shape index (κ2) is 8.30. The maximum absolute atomic E-state index is 12.3. The fourth-order valence-electron chi connectivity index (χ4n) is 3.86. The first-order valence-corrected chi connectivity index (χ1v) is 11.5. The molecule has 0 bridgehead atoms. The van der Waals surface area contributed by atoms with Gasteiger partial charge in [-0.25, -0.2) is 13.6 Å². The van der Waals surface area contributed by atoms with Gasteiger partial charge in [-0.2, -0.15) is 0 Å². The molecule has 0 amide bonds. The average molecular weight is 417 g/mol. The van der Waals surface area contributed by atoms with Crippen molar-refractivity contribution in [1.29, 1.82) is 0 Å². The fraction of sp³-hybridized carbons (Fsp3) is 0.120. The predicted octanol–water partition coefficient (Wildman–Crippen LogP) is 5.18. The Labute approximate surface area is 177 Å². The van der Waals surface area contributed by atoms with E-state index >= 15 is 0 Å². The lowest BCUT2D eigenvalue weighted by molar-refractivity contribution is 0.598. The number of rotatable bonds is 6. The summed E-state index contributed by atoms with van der Waals surface area (Å²) in [5.41, 5.74) is 3.75. The van der Waals surface area contributed by atoms with Gasteiger partial charge in [0.25, 0.3) is 0 Å². The average Bonchev–Trinajstić information content (AvgIpc) is 2.77. The molecule has 0 aromatic heterocycles. The van der Waals surface area contributed by atoms with E-state index in [0.717, 1.165) is 40.7 Å². The Morgan fingerprint density at radius 3 is 2.30 bits per heavy atom. The van der Waals surface area contributed by atoms with Crippen molar-refractivity contribution in [2.75, 3.05) is 11.4 Å². The van der Waals surface area contributed by atoms with Gasteiger partial charge in [0, 0.05) is 24.3 Å². The van der Waals surface area contributed by atoms with E-state index in [2.05, 4.69) is 36.1 Å².